The SMILES string of the molecule is C=CCN1C(=O)/C(=C/c2ccc(OCCCCCCC)c(OC)c2)SC1=NS(=O)(=O)c1ccc(Cl)cc1. The number of amidine groups is 1. The minimum Gasteiger partial charge on any atom is -0.493 e. The Balaban J connectivity index is 1.80. The molecule has 2 aromatic rings. The fourth-order valence-electron chi connectivity index (χ4n) is 3.56. The summed E-state index contributed by atoms with van der Waals surface area (Å²) in [4.78, 5) is 14.7. The number of sulfonamides is 1. The van der Waals surface area contributed by atoms with E-state index in [2.05, 4.69) is 17.9 Å². The molecule has 3 rings (SSSR count). The summed E-state index contributed by atoms with van der Waals surface area (Å²) in [6, 6.07) is 11.1. The summed E-state index contributed by atoms with van der Waals surface area (Å²) < 4.78 is 41.0. The molecule has 1 aliphatic rings. The molecule has 1 saturated heterocycles. The molecule has 198 valence electrons. The van der Waals surface area contributed by atoms with Gasteiger partial charge in [0.25, 0.3) is 15.9 Å². The lowest BCUT2D eigenvalue weighted by molar-refractivity contribution is -0.121. The van der Waals surface area contributed by atoms with Crippen LogP contribution in [0.2, 0.25) is 5.02 Å². The van der Waals surface area contributed by atoms with Crippen LogP contribution in [0, 0.1) is 0 Å². The number of methoxy groups -OCH3 is 1. The first-order valence-electron chi connectivity index (χ1n) is 12.0. The molecule has 7 nitrogen and oxygen atoms in total. The predicted molar refractivity (Wildman–Crippen MR) is 151 cm³/mol. The molecule has 10 heteroatoms. The minimum atomic E-state index is -4.05. The zero-order valence-corrected chi connectivity index (χ0v) is 23.4. The summed E-state index contributed by atoms with van der Waals surface area (Å²) in [6.45, 7) is 6.58. The second kappa shape index (κ2) is 13.7. The Morgan fingerprint density at radius 2 is 1.81 bits per heavy atom. The van der Waals surface area contributed by atoms with Gasteiger partial charge < -0.3 is 9.47 Å². The number of nitrogens with zero attached hydrogens (tertiary/aromatic N) is 2. The van der Waals surface area contributed by atoms with Crippen LogP contribution in [0.5, 0.6) is 11.5 Å². The smallest absolute Gasteiger partial charge is 0.284 e. The Hall–Kier alpha value is -2.75. The van der Waals surface area contributed by atoms with Crippen LogP contribution in [0.25, 0.3) is 6.08 Å². The number of carbonyl (C=O) groups is 1. The number of unbranched alkanes of at least 4 members (excludes halogenated alkanes) is 4. The van der Waals surface area contributed by atoms with E-state index in [1.54, 1.807) is 19.3 Å². The highest BCUT2D eigenvalue weighted by Gasteiger charge is 2.34. The largest absolute Gasteiger partial charge is 0.493 e. The van der Waals surface area contributed by atoms with Gasteiger partial charge in [0.05, 0.1) is 23.5 Å². The standard InChI is InChI=1S/C27H31ClN2O5S2/c1-4-6-7-8-9-17-35-23-15-10-20(18-24(23)34-3)19-25-26(31)30(16-5-2)27(36-25)29-37(32,33)22-13-11-21(28)12-14-22/h5,10-15,18-19H,2,4,6-9,16-17H2,1,3H3/b25-19-,29-27?. The molecule has 0 saturated carbocycles. The number of thioether (sulfide) groups is 1. The van der Waals surface area contributed by atoms with E-state index < -0.39 is 10.0 Å². The maximum absolute atomic E-state index is 13.1. The number of ether oxygens (including phenoxy) is 2. The van der Waals surface area contributed by atoms with Crippen molar-refractivity contribution in [1.29, 1.82) is 0 Å². The fraction of sp³-hybridized carbons (Fsp3) is 0.333. The number of halogens is 1. The maximum Gasteiger partial charge on any atom is 0.284 e. The van der Waals surface area contributed by atoms with Gasteiger partial charge in [0.15, 0.2) is 16.7 Å². The van der Waals surface area contributed by atoms with Crippen LogP contribution in [-0.4, -0.2) is 44.7 Å². The van der Waals surface area contributed by atoms with Gasteiger partial charge in [0.2, 0.25) is 0 Å². The predicted octanol–water partition coefficient (Wildman–Crippen LogP) is 6.55. The van der Waals surface area contributed by atoms with Crippen LogP contribution in [0.1, 0.15) is 44.6 Å². The minimum absolute atomic E-state index is 0.0147. The number of hydrogen-bond acceptors (Lipinski definition) is 6. The number of amides is 1. The summed E-state index contributed by atoms with van der Waals surface area (Å²) in [5.41, 5.74) is 0.711. The van der Waals surface area contributed by atoms with Crippen molar-refractivity contribution in [2.75, 3.05) is 20.3 Å². The second-order valence-electron chi connectivity index (χ2n) is 8.29. The van der Waals surface area contributed by atoms with E-state index in [1.807, 2.05) is 12.1 Å². The van der Waals surface area contributed by atoms with Gasteiger partial charge in [0, 0.05) is 11.6 Å². The Labute approximate surface area is 228 Å². The number of benzene rings is 2. The average Bonchev–Trinajstić information content (AvgIpc) is 3.15. The Kier molecular flexibility index (Phi) is 10.7. The molecule has 2 aromatic carbocycles. The first-order valence-corrected chi connectivity index (χ1v) is 14.7. The summed E-state index contributed by atoms with van der Waals surface area (Å²) >= 11 is 6.86. The molecule has 0 radical (unpaired) electrons. The van der Waals surface area contributed by atoms with Crippen molar-refractivity contribution in [3.63, 3.8) is 0 Å². The van der Waals surface area contributed by atoms with Crippen LogP contribution in [-0.2, 0) is 14.8 Å². The maximum atomic E-state index is 13.1. The molecule has 0 bridgehead atoms. The molecule has 1 fully saturated rings. The summed E-state index contributed by atoms with van der Waals surface area (Å²) in [7, 11) is -2.48. The van der Waals surface area contributed by atoms with Crippen molar-refractivity contribution in [3.8, 4) is 11.5 Å². The highest BCUT2D eigenvalue weighted by molar-refractivity contribution is 8.19. The van der Waals surface area contributed by atoms with E-state index >= 15 is 0 Å². The molecule has 0 aliphatic carbocycles. The third-order valence-electron chi connectivity index (χ3n) is 5.50. The van der Waals surface area contributed by atoms with E-state index in [0.717, 1.165) is 24.6 Å². The van der Waals surface area contributed by atoms with Crippen LogP contribution in [0.3, 0.4) is 0 Å². The lowest BCUT2D eigenvalue weighted by Gasteiger charge is -2.12. The van der Waals surface area contributed by atoms with E-state index in [9.17, 15) is 13.2 Å². The van der Waals surface area contributed by atoms with E-state index in [4.69, 9.17) is 21.1 Å². The average molecular weight is 563 g/mol. The number of rotatable bonds is 13. The Morgan fingerprint density at radius 3 is 2.49 bits per heavy atom. The van der Waals surface area contributed by atoms with Gasteiger partial charge in [-0.2, -0.15) is 8.42 Å². The first kappa shape index (κ1) is 28.8. The monoisotopic (exact) mass is 562 g/mol. The second-order valence-corrected chi connectivity index (χ2v) is 11.3. The van der Waals surface area contributed by atoms with Gasteiger partial charge in [-0.25, -0.2) is 0 Å². The zero-order valence-electron chi connectivity index (χ0n) is 21.0. The van der Waals surface area contributed by atoms with Crippen molar-refractivity contribution in [1.82, 2.24) is 4.90 Å². The van der Waals surface area contributed by atoms with Crippen LogP contribution in [0.4, 0.5) is 0 Å². The van der Waals surface area contributed by atoms with Gasteiger partial charge in [-0.1, -0.05) is 56.4 Å². The Bertz CT molecular complexity index is 1270. The molecule has 1 aliphatic heterocycles. The first-order chi connectivity index (χ1) is 17.8. The van der Waals surface area contributed by atoms with Crippen molar-refractivity contribution in [2.24, 2.45) is 4.40 Å². The topological polar surface area (TPSA) is 85.3 Å². The van der Waals surface area contributed by atoms with Crippen molar-refractivity contribution >= 4 is 50.5 Å². The quantitative estimate of drug-likeness (QED) is 0.156. The van der Waals surface area contributed by atoms with E-state index in [1.165, 1.54) is 54.5 Å². The molecule has 0 aromatic heterocycles. The number of hydrogen-bond donors (Lipinski definition) is 0. The van der Waals surface area contributed by atoms with Crippen molar-refractivity contribution in [2.45, 2.75) is 43.9 Å². The van der Waals surface area contributed by atoms with Gasteiger partial charge >= 0.3 is 0 Å². The lowest BCUT2D eigenvalue weighted by atomic mass is 10.1. The van der Waals surface area contributed by atoms with Crippen LogP contribution >= 0.6 is 23.4 Å². The van der Waals surface area contributed by atoms with Gasteiger partial charge in [-0.15, -0.1) is 11.0 Å². The molecule has 0 spiro atoms. The third-order valence-corrected chi connectivity index (χ3v) is 8.16. The van der Waals surface area contributed by atoms with Gasteiger partial charge in [0.1, 0.15) is 0 Å². The summed E-state index contributed by atoms with van der Waals surface area (Å²) in [5, 5.41) is 0.468. The molecule has 1 amide bonds. The molecule has 37 heavy (non-hydrogen) atoms. The van der Waals surface area contributed by atoms with E-state index in [0.29, 0.717) is 33.6 Å². The summed E-state index contributed by atoms with van der Waals surface area (Å²) in [6.07, 6.45) is 8.92. The Morgan fingerprint density at radius 1 is 1.08 bits per heavy atom. The molecule has 0 atom stereocenters. The molecular weight excluding hydrogens is 532 g/mol. The van der Waals surface area contributed by atoms with Crippen LogP contribution in [0.15, 0.2) is 69.3 Å². The highest BCUT2D eigenvalue weighted by atomic mass is 35.5. The van der Waals surface area contributed by atoms with Gasteiger partial charge in [-0.05, 0) is 66.2 Å². The fourth-order valence-corrected chi connectivity index (χ4v) is 5.88. The highest BCUT2D eigenvalue weighted by Crippen LogP contribution is 2.35. The molecule has 0 unspecified atom stereocenters. The molecule has 1 heterocycles. The lowest BCUT2D eigenvalue weighted by Crippen LogP contribution is -2.29. The molecular formula is C27H31ClN2O5S2. The third kappa shape index (κ3) is 7.87. The van der Waals surface area contributed by atoms with E-state index in [-0.39, 0.29) is 22.5 Å². The zero-order chi connectivity index (χ0) is 26.8. The van der Waals surface area contributed by atoms with Gasteiger partial charge in [-0.3, -0.25) is 9.69 Å². The normalized spacial score (nSPS) is 16.0. The molecule has 0 N–H and O–H groups in total. The van der Waals surface area contributed by atoms with Crippen molar-refractivity contribution in [3.05, 3.63) is 70.6 Å². The number of carbonyl (C=O) groups excluding carboxylic acids is 1. The summed E-state index contributed by atoms with van der Waals surface area (Å²) in [5.74, 6) is 0.831. The van der Waals surface area contributed by atoms with Crippen molar-refractivity contribution < 1.29 is 22.7 Å². The van der Waals surface area contributed by atoms with Crippen LogP contribution < -0.4 is 9.47 Å².